The summed E-state index contributed by atoms with van der Waals surface area (Å²) >= 11 is 0. The molecule has 0 atom stereocenters. The average Bonchev–Trinajstić information content (AvgIpc) is 3.42. The third-order valence-corrected chi connectivity index (χ3v) is 6.61. The standard InChI is InChI=1S/C22H25N5O5S/c1-27-13-20(24-14-27)33(30,31)25-10-3-11-32-16-8-6-15(7-9-16)26-22(29)17-12-23-18-4-2-5-19(28)21(17)18/h6-9,12-14,23,25H,2-5,10-11H2,1H3,(H,26,29). The zero-order valence-corrected chi connectivity index (χ0v) is 18.9. The first-order valence-electron chi connectivity index (χ1n) is 10.6. The molecule has 10 nitrogen and oxygen atoms in total. The van der Waals surface area contributed by atoms with E-state index in [1.54, 1.807) is 42.1 Å². The number of fused-ring (bicyclic) bond motifs is 1. The van der Waals surface area contributed by atoms with Crippen molar-refractivity contribution in [2.24, 2.45) is 7.05 Å². The lowest BCUT2D eigenvalue weighted by atomic mass is 9.93. The molecule has 11 heteroatoms. The number of aromatic amines is 1. The maximum atomic E-state index is 12.6. The van der Waals surface area contributed by atoms with E-state index in [0.29, 0.717) is 42.0 Å². The molecule has 0 fully saturated rings. The molecule has 1 aromatic carbocycles. The molecule has 0 bridgehead atoms. The number of Topliss-reactive ketones (excluding diaryl/α,β-unsaturated/α-hetero) is 1. The van der Waals surface area contributed by atoms with Crippen molar-refractivity contribution in [3.63, 3.8) is 0 Å². The molecule has 174 valence electrons. The lowest BCUT2D eigenvalue weighted by Gasteiger charge is -2.12. The molecule has 3 N–H and O–H groups in total. The summed E-state index contributed by atoms with van der Waals surface area (Å²) in [5.41, 5.74) is 2.26. The molecule has 0 aliphatic heterocycles. The second-order valence-corrected chi connectivity index (χ2v) is 9.50. The molecule has 1 aliphatic carbocycles. The van der Waals surface area contributed by atoms with Crippen LogP contribution in [0.1, 0.15) is 45.7 Å². The van der Waals surface area contributed by atoms with Crippen molar-refractivity contribution in [1.29, 1.82) is 0 Å². The SMILES string of the molecule is Cn1cnc(S(=O)(=O)NCCCOc2ccc(NC(=O)c3c[nH]c4c3C(=O)CCC4)cc2)c1. The van der Waals surface area contributed by atoms with Gasteiger partial charge in [0.05, 0.1) is 24.1 Å². The first-order valence-corrected chi connectivity index (χ1v) is 12.1. The van der Waals surface area contributed by atoms with E-state index in [4.69, 9.17) is 4.74 Å². The lowest BCUT2D eigenvalue weighted by Crippen LogP contribution is -2.26. The minimum Gasteiger partial charge on any atom is -0.494 e. The number of sulfonamides is 1. The second-order valence-electron chi connectivity index (χ2n) is 7.79. The molecular formula is C22H25N5O5S. The molecule has 2 aromatic heterocycles. The summed E-state index contributed by atoms with van der Waals surface area (Å²) in [4.78, 5) is 31.7. The fourth-order valence-electron chi connectivity index (χ4n) is 3.61. The minimum absolute atomic E-state index is 0.00582. The third kappa shape index (κ3) is 5.32. The van der Waals surface area contributed by atoms with Crippen LogP contribution in [0.5, 0.6) is 5.75 Å². The molecule has 3 aromatic rings. The molecule has 33 heavy (non-hydrogen) atoms. The van der Waals surface area contributed by atoms with Gasteiger partial charge in [-0.25, -0.2) is 18.1 Å². The minimum atomic E-state index is -3.63. The van der Waals surface area contributed by atoms with Crippen molar-refractivity contribution in [3.05, 3.63) is 59.8 Å². The van der Waals surface area contributed by atoms with Crippen LogP contribution in [0.15, 0.2) is 48.0 Å². The predicted molar refractivity (Wildman–Crippen MR) is 121 cm³/mol. The number of ether oxygens (including phenoxy) is 1. The van der Waals surface area contributed by atoms with Gasteiger partial charge in [-0.15, -0.1) is 0 Å². The van der Waals surface area contributed by atoms with E-state index in [2.05, 4.69) is 20.0 Å². The lowest BCUT2D eigenvalue weighted by molar-refractivity contribution is 0.0956. The Hall–Kier alpha value is -3.44. The highest BCUT2D eigenvalue weighted by Crippen LogP contribution is 2.25. The van der Waals surface area contributed by atoms with E-state index >= 15 is 0 Å². The van der Waals surface area contributed by atoms with Crippen LogP contribution in [0.2, 0.25) is 0 Å². The van der Waals surface area contributed by atoms with Crippen molar-refractivity contribution < 1.29 is 22.7 Å². The van der Waals surface area contributed by atoms with Crippen molar-refractivity contribution in [1.82, 2.24) is 19.3 Å². The highest BCUT2D eigenvalue weighted by molar-refractivity contribution is 7.89. The summed E-state index contributed by atoms with van der Waals surface area (Å²) in [5, 5.41) is 2.78. The van der Waals surface area contributed by atoms with Crippen LogP contribution >= 0.6 is 0 Å². The molecule has 0 saturated heterocycles. The van der Waals surface area contributed by atoms with Crippen LogP contribution in [-0.4, -0.2) is 47.8 Å². The first kappa shape index (κ1) is 22.7. The molecule has 2 heterocycles. The Bertz CT molecular complexity index is 1260. The number of nitrogens with one attached hydrogen (secondary N) is 3. The van der Waals surface area contributed by atoms with E-state index in [9.17, 15) is 18.0 Å². The molecule has 1 amide bonds. The zero-order chi connectivity index (χ0) is 23.4. The second kappa shape index (κ2) is 9.59. The van der Waals surface area contributed by atoms with Gasteiger partial charge in [-0.2, -0.15) is 0 Å². The zero-order valence-electron chi connectivity index (χ0n) is 18.1. The van der Waals surface area contributed by atoms with Gasteiger partial charge in [-0.3, -0.25) is 9.59 Å². The number of hydrogen-bond acceptors (Lipinski definition) is 6. The smallest absolute Gasteiger partial charge is 0.259 e. The molecule has 4 rings (SSSR count). The Morgan fingerprint density at radius 3 is 2.76 bits per heavy atom. The Kier molecular flexibility index (Phi) is 6.61. The van der Waals surface area contributed by atoms with E-state index in [0.717, 1.165) is 18.5 Å². The fraction of sp³-hybridized carbons (Fsp3) is 0.318. The molecule has 0 unspecified atom stereocenters. The maximum Gasteiger partial charge on any atom is 0.259 e. The Labute approximate surface area is 191 Å². The van der Waals surface area contributed by atoms with Crippen LogP contribution in [0.3, 0.4) is 0 Å². The predicted octanol–water partition coefficient (Wildman–Crippen LogP) is 2.27. The number of hydrogen-bond donors (Lipinski definition) is 3. The average molecular weight is 472 g/mol. The van der Waals surface area contributed by atoms with E-state index < -0.39 is 10.0 Å². The van der Waals surface area contributed by atoms with E-state index in [1.165, 1.54) is 12.5 Å². The van der Waals surface area contributed by atoms with Crippen molar-refractivity contribution >= 4 is 27.4 Å². The van der Waals surface area contributed by atoms with Gasteiger partial charge in [0.25, 0.3) is 15.9 Å². The van der Waals surface area contributed by atoms with Gasteiger partial charge in [0.2, 0.25) is 0 Å². The van der Waals surface area contributed by atoms with Crippen molar-refractivity contribution in [3.8, 4) is 5.75 Å². The normalized spacial score (nSPS) is 13.5. The number of aromatic nitrogens is 3. The first-order chi connectivity index (χ1) is 15.8. The summed E-state index contributed by atoms with van der Waals surface area (Å²) in [7, 11) is -1.93. The number of amides is 1. The van der Waals surface area contributed by atoms with Gasteiger partial charge >= 0.3 is 0 Å². The van der Waals surface area contributed by atoms with E-state index in [-0.39, 0.29) is 23.3 Å². The third-order valence-electron chi connectivity index (χ3n) is 5.27. The molecule has 0 spiro atoms. The number of H-pyrrole nitrogens is 1. The topological polar surface area (TPSA) is 135 Å². The van der Waals surface area contributed by atoms with Gasteiger partial charge in [-0.1, -0.05) is 0 Å². The number of aryl methyl sites for hydroxylation is 2. The number of ketones is 1. The Balaban J connectivity index is 1.24. The van der Waals surface area contributed by atoms with Gasteiger partial charge in [0, 0.05) is 43.8 Å². The van der Waals surface area contributed by atoms with E-state index in [1.807, 2.05) is 0 Å². The Morgan fingerprint density at radius 1 is 1.24 bits per heavy atom. The summed E-state index contributed by atoms with van der Waals surface area (Å²) in [6.07, 6.45) is 6.94. The maximum absolute atomic E-state index is 12.6. The quantitative estimate of drug-likeness (QED) is 0.410. The number of carbonyl (C=O) groups excluding carboxylic acids is 2. The van der Waals surface area contributed by atoms with Crippen LogP contribution in [0, 0.1) is 0 Å². The fourth-order valence-corrected chi connectivity index (χ4v) is 4.67. The highest BCUT2D eigenvalue weighted by Gasteiger charge is 2.25. The van der Waals surface area contributed by atoms with Gasteiger partial charge in [-0.05, 0) is 43.5 Å². The van der Waals surface area contributed by atoms with Crippen molar-refractivity contribution in [2.45, 2.75) is 30.7 Å². The summed E-state index contributed by atoms with van der Waals surface area (Å²) < 4.78 is 33.9. The van der Waals surface area contributed by atoms with Crippen LogP contribution in [-0.2, 0) is 23.5 Å². The summed E-state index contributed by atoms with van der Waals surface area (Å²) in [5.74, 6) is 0.250. The molecular weight excluding hydrogens is 446 g/mol. The number of anilines is 1. The largest absolute Gasteiger partial charge is 0.494 e. The van der Waals surface area contributed by atoms with Crippen LogP contribution in [0.4, 0.5) is 5.69 Å². The van der Waals surface area contributed by atoms with Gasteiger partial charge < -0.3 is 19.6 Å². The number of rotatable bonds is 9. The summed E-state index contributed by atoms with van der Waals surface area (Å²) in [6.45, 7) is 0.529. The molecule has 0 radical (unpaired) electrons. The van der Waals surface area contributed by atoms with Crippen LogP contribution < -0.4 is 14.8 Å². The summed E-state index contributed by atoms with van der Waals surface area (Å²) in [6, 6.07) is 6.84. The van der Waals surface area contributed by atoms with Crippen molar-refractivity contribution in [2.75, 3.05) is 18.5 Å². The number of benzene rings is 1. The van der Waals surface area contributed by atoms with Gasteiger partial charge in [0.15, 0.2) is 10.8 Å². The Morgan fingerprint density at radius 2 is 2.03 bits per heavy atom. The monoisotopic (exact) mass is 471 g/mol. The number of imidazole rings is 1. The molecule has 0 saturated carbocycles. The molecule has 1 aliphatic rings. The number of carbonyl (C=O) groups is 2. The highest BCUT2D eigenvalue weighted by atomic mass is 32.2. The van der Waals surface area contributed by atoms with Gasteiger partial charge in [0.1, 0.15) is 5.75 Å². The van der Waals surface area contributed by atoms with Crippen LogP contribution in [0.25, 0.3) is 0 Å². The number of nitrogens with zero attached hydrogens (tertiary/aromatic N) is 2.